The Kier molecular flexibility index (Phi) is 5.21. The molecule has 0 radical (unpaired) electrons. The summed E-state index contributed by atoms with van der Waals surface area (Å²) in [5.74, 6) is 1.20. The van der Waals surface area contributed by atoms with Crippen LogP contribution in [0.3, 0.4) is 0 Å². The second kappa shape index (κ2) is 7.35. The molecule has 1 aromatic rings. The van der Waals surface area contributed by atoms with Crippen LogP contribution < -0.4 is 10.1 Å². The van der Waals surface area contributed by atoms with Crippen LogP contribution in [0.2, 0.25) is 0 Å². The zero-order chi connectivity index (χ0) is 16.1. The summed E-state index contributed by atoms with van der Waals surface area (Å²) in [5.41, 5.74) is 1.61. The van der Waals surface area contributed by atoms with E-state index in [4.69, 9.17) is 4.74 Å². The lowest BCUT2D eigenvalue weighted by molar-refractivity contribution is -0.133. The molecule has 1 aromatic carbocycles. The van der Waals surface area contributed by atoms with Crippen molar-refractivity contribution in [2.75, 3.05) is 32.8 Å². The predicted octanol–water partition coefficient (Wildman–Crippen LogP) is 2.62. The Morgan fingerprint density at radius 1 is 1.26 bits per heavy atom. The van der Waals surface area contributed by atoms with E-state index >= 15 is 0 Å². The summed E-state index contributed by atoms with van der Waals surface area (Å²) < 4.78 is 5.65. The fourth-order valence-corrected chi connectivity index (χ4v) is 3.86. The number of carbonyl (C=O) groups is 1. The van der Waals surface area contributed by atoms with Gasteiger partial charge in [0.15, 0.2) is 0 Å². The molecule has 3 rings (SSSR count). The van der Waals surface area contributed by atoms with Crippen LogP contribution in [0.15, 0.2) is 24.3 Å². The van der Waals surface area contributed by atoms with Gasteiger partial charge in [0, 0.05) is 26.1 Å². The zero-order valence-electron chi connectivity index (χ0n) is 14.1. The van der Waals surface area contributed by atoms with E-state index in [1.165, 1.54) is 6.42 Å². The van der Waals surface area contributed by atoms with Gasteiger partial charge in [-0.3, -0.25) is 4.79 Å². The number of ether oxygens (including phenoxy) is 1. The molecule has 2 saturated heterocycles. The maximum Gasteiger partial charge on any atom is 0.222 e. The number of benzene rings is 1. The van der Waals surface area contributed by atoms with Crippen molar-refractivity contribution in [1.29, 1.82) is 0 Å². The number of piperidine rings is 1. The fourth-order valence-electron chi connectivity index (χ4n) is 3.86. The molecule has 2 aliphatic heterocycles. The molecule has 2 fully saturated rings. The van der Waals surface area contributed by atoms with Crippen molar-refractivity contribution in [2.24, 2.45) is 5.41 Å². The Morgan fingerprint density at radius 2 is 2.04 bits per heavy atom. The van der Waals surface area contributed by atoms with Gasteiger partial charge in [-0.2, -0.15) is 0 Å². The maximum absolute atomic E-state index is 12.5. The molecule has 0 unspecified atom stereocenters. The number of nitrogens with one attached hydrogen (secondary N) is 1. The van der Waals surface area contributed by atoms with Gasteiger partial charge in [-0.15, -0.1) is 0 Å². The standard InChI is InChI=1S/C19H28N2O2/c1-2-23-17-6-4-3-5-16(17)7-8-18(22)21-13-10-19(11-14-21)9-12-20-15-19/h3-6,20H,2,7-15H2,1H3. The maximum atomic E-state index is 12.5. The molecule has 23 heavy (non-hydrogen) atoms. The number of carbonyl (C=O) groups excluding carboxylic acids is 1. The van der Waals surface area contributed by atoms with Gasteiger partial charge in [0.25, 0.3) is 0 Å². The average molecular weight is 316 g/mol. The topological polar surface area (TPSA) is 41.6 Å². The third-order valence-corrected chi connectivity index (χ3v) is 5.39. The van der Waals surface area contributed by atoms with Crippen LogP contribution in [-0.4, -0.2) is 43.6 Å². The zero-order valence-corrected chi connectivity index (χ0v) is 14.1. The van der Waals surface area contributed by atoms with Gasteiger partial charge in [0.05, 0.1) is 6.61 Å². The van der Waals surface area contributed by atoms with Gasteiger partial charge < -0.3 is 15.0 Å². The Bertz CT molecular complexity index is 528. The highest BCUT2D eigenvalue weighted by molar-refractivity contribution is 5.76. The fraction of sp³-hybridized carbons (Fsp3) is 0.632. The van der Waals surface area contributed by atoms with Crippen LogP contribution in [0, 0.1) is 5.41 Å². The van der Waals surface area contributed by atoms with E-state index in [-0.39, 0.29) is 5.91 Å². The van der Waals surface area contributed by atoms with Gasteiger partial charge in [0.2, 0.25) is 5.91 Å². The quantitative estimate of drug-likeness (QED) is 0.908. The van der Waals surface area contributed by atoms with Gasteiger partial charge in [-0.25, -0.2) is 0 Å². The Morgan fingerprint density at radius 3 is 2.74 bits per heavy atom. The Balaban J connectivity index is 1.50. The van der Waals surface area contributed by atoms with Crippen molar-refractivity contribution in [2.45, 2.75) is 39.0 Å². The lowest BCUT2D eigenvalue weighted by Gasteiger charge is -2.39. The predicted molar refractivity (Wildman–Crippen MR) is 91.7 cm³/mol. The molecular weight excluding hydrogens is 288 g/mol. The van der Waals surface area contributed by atoms with Crippen molar-refractivity contribution < 1.29 is 9.53 Å². The minimum Gasteiger partial charge on any atom is -0.494 e. The number of nitrogens with zero attached hydrogens (tertiary/aromatic N) is 1. The molecule has 0 bridgehead atoms. The van der Waals surface area contributed by atoms with E-state index in [2.05, 4.69) is 16.3 Å². The van der Waals surface area contributed by atoms with Gasteiger partial charge in [-0.05, 0) is 56.2 Å². The van der Waals surface area contributed by atoms with E-state index in [9.17, 15) is 4.79 Å². The molecule has 0 aliphatic carbocycles. The summed E-state index contributed by atoms with van der Waals surface area (Å²) in [4.78, 5) is 14.6. The third kappa shape index (κ3) is 3.86. The molecular formula is C19H28N2O2. The summed E-state index contributed by atoms with van der Waals surface area (Å²) in [6.07, 6.45) is 4.92. The number of amides is 1. The highest BCUT2D eigenvalue weighted by Gasteiger charge is 2.37. The van der Waals surface area contributed by atoms with E-state index in [1.54, 1.807) is 0 Å². The molecule has 1 amide bonds. The summed E-state index contributed by atoms with van der Waals surface area (Å²) in [6.45, 7) is 6.77. The van der Waals surface area contributed by atoms with Gasteiger partial charge in [0.1, 0.15) is 5.75 Å². The monoisotopic (exact) mass is 316 g/mol. The number of rotatable bonds is 5. The van der Waals surface area contributed by atoms with E-state index in [0.717, 1.165) is 56.8 Å². The van der Waals surface area contributed by atoms with Crippen LogP contribution in [0.25, 0.3) is 0 Å². The second-order valence-corrected chi connectivity index (χ2v) is 6.85. The van der Waals surface area contributed by atoms with E-state index in [0.29, 0.717) is 18.4 Å². The molecule has 4 heteroatoms. The first kappa shape index (κ1) is 16.3. The number of hydrogen-bond acceptors (Lipinski definition) is 3. The highest BCUT2D eigenvalue weighted by atomic mass is 16.5. The first-order chi connectivity index (χ1) is 11.2. The lowest BCUT2D eigenvalue weighted by atomic mass is 9.78. The van der Waals surface area contributed by atoms with E-state index in [1.807, 2.05) is 25.1 Å². The van der Waals surface area contributed by atoms with Crippen molar-refractivity contribution in [1.82, 2.24) is 10.2 Å². The van der Waals surface area contributed by atoms with Gasteiger partial charge in [-0.1, -0.05) is 18.2 Å². The molecule has 2 heterocycles. The van der Waals surface area contributed by atoms with E-state index < -0.39 is 0 Å². The van der Waals surface area contributed by atoms with Crippen LogP contribution in [0.5, 0.6) is 5.75 Å². The largest absolute Gasteiger partial charge is 0.494 e. The molecule has 126 valence electrons. The minimum atomic E-state index is 0.289. The first-order valence-corrected chi connectivity index (χ1v) is 8.92. The molecule has 0 saturated carbocycles. The normalized spacial score (nSPS) is 20.0. The number of hydrogen-bond donors (Lipinski definition) is 1. The van der Waals surface area contributed by atoms with Gasteiger partial charge >= 0.3 is 0 Å². The summed E-state index contributed by atoms with van der Waals surface area (Å²) in [7, 11) is 0. The lowest BCUT2D eigenvalue weighted by Crippen LogP contribution is -2.44. The highest BCUT2D eigenvalue weighted by Crippen LogP contribution is 2.37. The Labute approximate surface area is 139 Å². The van der Waals surface area contributed by atoms with Crippen molar-refractivity contribution in [3.63, 3.8) is 0 Å². The molecule has 0 atom stereocenters. The molecule has 0 aromatic heterocycles. The van der Waals surface area contributed by atoms with Crippen LogP contribution in [-0.2, 0) is 11.2 Å². The summed E-state index contributed by atoms with van der Waals surface area (Å²) in [6, 6.07) is 8.05. The van der Waals surface area contributed by atoms with Crippen LogP contribution >= 0.6 is 0 Å². The molecule has 1 spiro atoms. The molecule has 1 N–H and O–H groups in total. The molecule has 4 nitrogen and oxygen atoms in total. The van der Waals surface area contributed by atoms with Crippen molar-refractivity contribution >= 4 is 5.91 Å². The average Bonchev–Trinajstić information content (AvgIpc) is 3.03. The van der Waals surface area contributed by atoms with Crippen molar-refractivity contribution in [3.8, 4) is 5.75 Å². The third-order valence-electron chi connectivity index (χ3n) is 5.39. The van der Waals surface area contributed by atoms with Crippen molar-refractivity contribution in [3.05, 3.63) is 29.8 Å². The second-order valence-electron chi connectivity index (χ2n) is 6.85. The van der Waals surface area contributed by atoms with Crippen LogP contribution in [0.1, 0.15) is 38.2 Å². The number of para-hydroxylation sites is 1. The van der Waals surface area contributed by atoms with Crippen LogP contribution in [0.4, 0.5) is 0 Å². The number of likely N-dealkylation sites (tertiary alicyclic amines) is 1. The summed E-state index contributed by atoms with van der Waals surface area (Å²) >= 11 is 0. The molecule has 2 aliphatic rings. The number of aryl methyl sites for hydroxylation is 1. The SMILES string of the molecule is CCOc1ccccc1CCC(=O)N1CCC2(CCNC2)CC1. The Hall–Kier alpha value is -1.55. The minimum absolute atomic E-state index is 0.289. The first-order valence-electron chi connectivity index (χ1n) is 8.92. The summed E-state index contributed by atoms with van der Waals surface area (Å²) in [5, 5.41) is 3.47. The smallest absolute Gasteiger partial charge is 0.222 e.